The summed E-state index contributed by atoms with van der Waals surface area (Å²) in [5.74, 6) is 0.157. The number of benzene rings is 1. The van der Waals surface area contributed by atoms with Crippen molar-refractivity contribution in [2.45, 2.75) is 26.7 Å². The Morgan fingerprint density at radius 3 is 2.76 bits per heavy atom. The number of carbonyl (C=O) groups is 1. The lowest BCUT2D eigenvalue weighted by atomic mass is 10.0. The molecule has 3 rings (SSSR count). The van der Waals surface area contributed by atoms with Gasteiger partial charge < -0.3 is 14.6 Å². The van der Waals surface area contributed by atoms with Crippen molar-refractivity contribution in [1.29, 1.82) is 0 Å². The molecule has 0 amide bonds. The highest BCUT2D eigenvalue weighted by atomic mass is 16.5. The fourth-order valence-corrected chi connectivity index (χ4v) is 2.55. The molecule has 2 aromatic heterocycles. The van der Waals surface area contributed by atoms with Gasteiger partial charge in [-0.1, -0.05) is 42.4 Å². The van der Waals surface area contributed by atoms with Crippen LogP contribution in [-0.2, 0) is 4.74 Å². The Balaban J connectivity index is 1.88. The number of esters is 1. The van der Waals surface area contributed by atoms with E-state index in [1.807, 2.05) is 25.1 Å². The average Bonchev–Trinajstić information content (AvgIpc) is 3.01. The van der Waals surface area contributed by atoms with Crippen LogP contribution < -0.4 is 5.32 Å². The zero-order valence-electron chi connectivity index (χ0n) is 14.4. The molecule has 7 heteroatoms. The normalized spacial score (nSPS) is 12.1. The zero-order valence-corrected chi connectivity index (χ0v) is 14.4. The van der Waals surface area contributed by atoms with Crippen LogP contribution in [0.5, 0.6) is 0 Å². The molecule has 1 unspecified atom stereocenters. The van der Waals surface area contributed by atoms with Crippen molar-refractivity contribution in [3.05, 3.63) is 47.4 Å². The van der Waals surface area contributed by atoms with Gasteiger partial charge in [0.25, 0.3) is 5.71 Å². The molecule has 0 aliphatic carbocycles. The minimum atomic E-state index is -0.586. The van der Waals surface area contributed by atoms with Crippen molar-refractivity contribution in [3.8, 4) is 0 Å². The molecule has 3 aromatic rings. The minimum absolute atomic E-state index is 0.0413. The highest BCUT2D eigenvalue weighted by Gasteiger charge is 2.20. The maximum Gasteiger partial charge on any atom is 0.376 e. The third-order valence-corrected chi connectivity index (χ3v) is 3.91. The van der Waals surface area contributed by atoms with Gasteiger partial charge in [0.05, 0.1) is 12.3 Å². The van der Waals surface area contributed by atoms with Gasteiger partial charge in [0.2, 0.25) is 5.82 Å². The average molecular weight is 340 g/mol. The predicted octanol–water partition coefficient (Wildman–Crippen LogP) is 3.32. The molecule has 0 fully saturated rings. The van der Waals surface area contributed by atoms with Crippen molar-refractivity contribution in [1.82, 2.24) is 15.1 Å². The number of fused-ring (bicyclic) bond motifs is 1. The van der Waals surface area contributed by atoms with Gasteiger partial charge >= 0.3 is 5.97 Å². The Labute approximate surface area is 145 Å². The van der Waals surface area contributed by atoms with Crippen LogP contribution in [0.4, 0.5) is 5.82 Å². The third kappa shape index (κ3) is 3.60. The van der Waals surface area contributed by atoms with Gasteiger partial charge in [-0.15, -0.1) is 0 Å². The van der Waals surface area contributed by atoms with Gasteiger partial charge in [0.1, 0.15) is 11.2 Å². The molecule has 1 N–H and O–H groups in total. The molecule has 0 saturated carbocycles. The van der Waals surface area contributed by atoms with Crippen LogP contribution in [0, 0.1) is 6.92 Å². The van der Waals surface area contributed by atoms with Crippen LogP contribution >= 0.6 is 0 Å². The molecular formula is C18H20N4O3. The van der Waals surface area contributed by atoms with Gasteiger partial charge in [-0.2, -0.15) is 4.98 Å². The summed E-state index contributed by atoms with van der Waals surface area (Å²) in [4.78, 5) is 20.4. The van der Waals surface area contributed by atoms with E-state index in [0.29, 0.717) is 23.4 Å². The fraction of sp³-hybridized carbons (Fsp3) is 0.333. The number of hydrogen-bond donors (Lipinski definition) is 1. The van der Waals surface area contributed by atoms with E-state index in [-0.39, 0.29) is 24.1 Å². The summed E-state index contributed by atoms with van der Waals surface area (Å²) in [6, 6.07) is 10.2. The Kier molecular flexibility index (Phi) is 4.92. The van der Waals surface area contributed by atoms with E-state index in [1.54, 1.807) is 6.92 Å². The lowest BCUT2D eigenvalue weighted by molar-refractivity contribution is 0.0512. The Morgan fingerprint density at radius 2 is 2.04 bits per heavy atom. The molecule has 1 atom stereocenters. The summed E-state index contributed by atoms with van der Waals surface area (Å²) in [5, 5.41) is 7.88. The van der Waals surface area contributed by atoms with E-state index in [1.165, 1.54) is 5.56 Å². The molecule has 0 saturated heterocycles. The highest BCUT2D eigenvalue weighted by molar-refractivity contribution is 5.93. The quantitative estimate of drug-likeness (QED) is 0.688. The molecule has 25 heavy (non-hydrogen) atoms. The number of aryl methyl sites for hydroxylation is 1. The second-order valence-corrected chi connectivity index (χ2v) is 5.76. The molecule has 1 aromatic carbocycles. The van der Waals surface area contributed by atoms with Crippen LogP contribution in [-0.4, -0.2) is 34.2 Å². The number of nitrogens with zero attached hydrogens (tertiary/aromatic N) is 3. The first kappa shape index (κ1) is 16.9. The number of hydrogen-bond acceptors (Lipinski definition) is 7. The van der Waals surface area contributed by atoms with Gasteiger partial charge in [0.15, 0.2) is 0 Å². The van der Waals surface area contributed by atoms with E-state index in [9.17, 15) is 4.79 Å². The number of aromatic nitrogens is 3. The van der Waals surface area contributed by atoms with E-state index >= 15 is 0 Å². The maximum absolute atomic E-state index is 12.0. The smallest absolute Gasteiger partial charge is 0.376 e. The van der Waals surface area contributed by atoms with Crippen molar-refractivity contribution < 1.29 is 14.1 Å². The van der Waals surface area contributed by atoms with E-state index in [4.69, 9.17) is 9.26 Å². The SMILES string of the molecule is CCOC(=O)c1nc(NCC(C)c2ccccc2)c2c(C)noc2n1. The second kappa shape index (κ2) is 7.29. The van der Waals surface area contributed by atoms with Crippen molar-refractivity contribution in [2.75, 3.05) is 18.5 Å². The molecule has 7 nitrogen and oxygen atoms in total. The highest BCUT2D eigenvalue weighted by Crippen LogP contribution is 2.25. The summed E-state index contributed by atoms with van der Waals surface area (Å²) >= 11 is 0. The van der Waals surface area contributed by atoms with Gasteiger partial charge in [-0.25, -0.2) is 9.78 Å². The van der Waals surface area contributed by atoms with Crippen molar-refractivity contribution in [2.24, 2.45) is 0 Å². The largest absolute Gasteiger partial charge is 0.460 e. The molecular weight excluding hydrogens is 320 g/mol. The van der Waals surface area contributed by atoms with E-state index in [0.717, 1.165) is 0 Å². The molecule has 0 aliphatic rings. The number of carbonyl (C=O) groups excluding carboxylic acids is 1. The molecule has 0 bridgehead atoms. The first-order valence-corrected chi connectivity index (χ1v) is 8.20. The monoisotopic (exact) mass is 340 g/mol. The van der Waals surface area contributed by atoms with Crippen molar-refractivity contribution >= 4 is 22.9 Å². The first-order chi connectivity index (χ1) is 12.1. The topological polar surface area (TPSA) is 90.1 Å². The summed E-state index contributed by atoms with van der Waals surface area (Å²) in [5.41, 5.74) is 2.15. The lowest BCUT2D eigenvalue weighted by Gasteiger charge is -2.14. The van der Waals surface area contributed by atoms with Crippen molar-refractivity contribution in [3.63, 3.8) is 0 Å². The Morgan fingerprint density at radius 1 is 1.28 bits per heavy atom. The summed E-state index contributed by atoms with van der Waals surface area (Å²) < 4.78 is 10.2. The zero-order chi connectivity index (χ0) is 17.8. The standard InChI is InChI=1S/C18H20N4O3/c1-4-24-18(23)16-20-15(14-12(3)22-25-17(14)21-16)19-10-11(2)13-8-6-5-7-9-13/h5-9,11H,4,10H2,1-3H3,(H,19,20,21). The molecule has 0 radical (unpaired) electrons. The lowest BCUT2D eigenvalue weighted by Crippen LogP contribution is -2.15. The van der Waals surface area contributed by atoms with Crippen LogP contribution in [0.1, 0.15) is 41.6 Å². The molecule has 130 valence electrons. The van der Waals surface area contributed by atoms with Crippen LogP contribution in [0.15, 0.2) is 34.9 Å². The molecule has 0 spiro atoms. The predicted molar refractivity (Wildman–Crippen MR) is 93.6 cm³/mol. The van der Waals surface area contributed by atoms with Gasteiger partial charge in [-0.05, 0) is 25.3 Å². The summed E-state index contributed by atoms with van der Waals surface area (Å²) in [7, 11) is 0. The Hall–Kier alpha value is -2.96. The fourth-order valence-electron chi connectivity index (χ4n) is 2.55. The molecule has 2 heterocycles. The summed E-state index contributed by atoms with van der Waals surface area (Å²) in [6.07, 6.45) is 0. The first-order valence-electron chi connectivity index (χ1n) is 8.20. The van der Waals surface area contributed by atoms with Crippen LogP contribution in [0.25, 0.3) is 11.1 Å². The number of ether oxygens (including phenoxy) is 1. The van der Waals surface area contributed by atoms with E-state index in [2.05, 4.69) is 39.5 Å². The number of rotatable bonds is 6. The number of nitrogens with one attached hydrogen (secondary N) is 1. The van der Waals surface area contributed by atoms with Crippen LogP contribution in [0.2, 0.25) is 0 Å². The minimum Gasteiger partial charge on any atom is -0.460 e. The Bertz CT molecular complexity index is 877. The third-order valence-electron chi connectivity index (χ3n) is 3.91. The summed E-state index contributed by atoms with van der Waals surface area (Å²) in [6.45, 7) is 6.56. The second-order valence-electron chi connectivity index (χ2n) is 5.76. The number of anilines is 1. The maximum atomic E-state index is 12.0. The van der Waals surface area contributed by atoms with Gasteiger partial charge in [-0.3, -0.25) is 0 Å². The van der Waals surface area contributed by atoms with Gasteiger partial charge in [0, 0.05) is 6.54 Å². The van der Waals surface area contributed by atoms with E-state index < -0.39 is 5.97 Å². The van der Waals surface area contributed by atoms with Crippen LogP contribution in [0.3, 0.4) is 0 Å². The molecule has 0 aliphatic heterocycles.